The summed E-state index contributed by atoms with van der Waals surface area (Å²) in [5.74, 6) is 0.0150. The number of carbonyl (C=O) groups excluding carboxylic acids is 1. The Kier molecular flexibility index (Phi) is 5.72. The minimum atomic E-state index is -0.390. The Hall–Kier alpha value is -1.61. The normalized spacial score (nSPS) is 26.2. The summed E-state index contributed by atoms with van der Waals surface area (Å²) in [5, 5.41) is 2.68. The largest absolute Gasteiger partial charge is 0.377 e. The molecule has 8 nitrogen and oxygen atoms in total. The zero-order valence-corrected chi connectivity index (χ0v) is 14.1. The van der Waals surface area contributed by atoms with Gasteiger partial charge >= 0.3 is 0 Å². The summed E-state index contributed by atoms with van der Waals surface area (Å²) in [6.45, 7) is 6.07. The van der Waals surface area contributed by atoms with Crippen LogP contribution in [0.4, 0.5) is 0 Å². The van der Waals surface area contributed by atoms with Crippen molar-refractivity contribution in [2.45, 2.75) is 12.1 Å². The fourth-order valence-corrected chi connectivity index (χ4v) is 3.31. The molecular formula is C16H25N5O3. The Bertz CT molecular complexity index is 544. The second kappa shape index (κ2) is 7.98. The van der Waals surface area contributed by atoms with E-state index in [2.05, 4.69) is 25.1 Å². The molecule has 1 aromatic rings. The molecule has 0 radical (unpaired) electrons. The van der Waals surface area contributed by atoms with E-state index >= 15 is 0 Å². The maximum Gasteiger partial charge on any atom is 0.233 e. The molecule has 0 aliphatic carbocycles. The van der Waals surface area contributed by atoms with Crippen molar-refractivity contribution in [3.63, 3.8) is 0 Å². The van der Waals surface area contributed by atoms with Crippen molar-refractivity contribution < 1.29 is 14.3 Å². The third-order valence-corrected chi connectivity index (χ3v) is 4.42. The average molecular weight is 335 g/mol. The van der Waals surface area contributed by atoms with Crippen LogP contribution in [0.2, 0.25) is 0 Å². The Morgan fingerprint density at radius 2 is 2.00 bits per heavy atom. The van der Waals surface area contributed by atoms with Crippen LogP contribution in [-0.4, -0.2) is 90.9 Å². The molecule has 0 aromatic carbocycles. The molecule has 3 rings (SSSR count). The molecule has 1 unspecified atom stereocenters. The topological polar surface area (TPSA) is 79.8 Å². The van der Waals surface area contributed by atoms with Crippen LogP contribution in [-0.2, 0) is 20.8 Å². The SMILES string of the molecule is CNC(=O)CN1CCOCC2(C1)CN(Cc1cncnc1)CCO2. The van der Waals surface area contributed by atoms with Gasteiger partial charge in [-0.2, -0.15) is 0 Å². The smallest absolute Gasteiger partial charge is 0.233 e. The summed E-state index contributed by atoms with van der Waals surface area (Å²) in [4.78, 5) is 24.3. The Balaban J connectivity index is 1.65. The van der Waals surface area contributed by atoms with Crippen LogP contribution in [0, 0.1) is 0 Å². The lowest BCUT2D eigenvalue weighted by molar-refractivity contribution is -0.144. The van der Waals surface area contributed by atoms with Gasteiger partial charge in [0.2, 0.25) is 5.91 Å². The van der Waals surface area contributed by atoms with Gasteiger partial charge in [-0.25, -0.2) is 9.97 Å². The summed E-state index contributed by atoms with van der Waals surface area (Å²) < 4.78 is 11.9. The molecule has 1 amide bonds. The molecule has 1 aromatic heterocycles. The molecule has 8 heteroatoms. The molecule has 2 aliphatic heterocycles. The van der Waals surface area contributed by atoms with Crippen LogP contribution >= 0.6 is 0 Å². The van der Waals surface area contributed by atoms with Gasteiger partial charge in [0.05, 0.1) is 26.4 Å². The Morgan fingerprint density at radius 1 is 1.25 bits per heavy atom. The molecule has 24 heavy (non-hydrogen) atoms. The van der Waals surface area contributed by atoms with Crippen LogP contribution in [0.1, 0.15) is 5.56 Å². The lowest BCUT2D eigenvalue weighted by atomic mass is 10.0. The number of nitrogens with zero attached hydrogens (tertiary/aromatic N) is 4. The fraction of sp³-hybridized carbons (Fsp3) is 0.688. The first kappa shape index (κ1) is 17.2. The minimum Gasteiger partial charge on any atom is -0.377 e. The Labute approximate surface area is 142 Å². The predicted molar refractivity (Wildman–Crippen MR) is 87.3 cm³/mol. The van der Waals surface area contributed by atoms with Gasteiger partial charge in [-0.15, -0.1) is 0 Å². The highest BCUT2D eigenvalue weighted by molar-refractivity contribution is 5.77. The maximum absolute atomic E-state index is 11.7. The highest BCUT2D eigenvalue weighted by Crippen LogP contribution is 2.23. The number of nitrogens with one attached hydrogen (secondary N) is 1. The number of hydrogen-bond donors (Lipinski definition) is 1. The van der Waals surface area contributed by atoms with Crippen molar-refractivity contribution in [1.82, 2.24) is 25.1 Å². The van der Waals surface area contributed by atoms with Crippen molar-refractivity contribution in [1.29, 1.82) is 0 Å². The second-order valence-electron chi connectivity index (χ2n) is 6.43. The van der Waals surface area contributed by atoms with Crippen LogP contribution in [0.3, 0.4) is 0 Å². The summed E-state index contributed by atoms with van der Waals surface area (Å²) in [6, 6.07) is 0. The van der Waals surface area contributed by atoms with E-state index < -0.39 is 5.60 Å². The van der Waals surface area contributed by atoms with Crippen LogP contribution in [0.25, 0.3) is 0 Å². The molecule has 0 bridgehead atoms. The van der Waals surface area contributed by atoms with E-state index in [0.29, 0.717) is 32.9 Å². The van der Waals surface area contributed by atoms with E-state index in [1.807, 2.05) is 12.4 Å². The quantitative estimate of drug-likeness (QED) is 0.766. The van der Waals surface area contributed by atoms with Crippen molar-refractivity contribution in [2.75, 3.05) is 59.6 Å². The van der Waals surface area contributed by atoms with E-state index in [-0.39, 0.29) is 5.91 Å². The third kappa shape index (κ3) is 4.47. The molecule has 2 fully saturated rings. The molecule has 0 saturated carbocycles. The highest BCUT2D eigenvalue weighted by atomic mass is 16.5. The summed E-state index contributed by atoms with van der Waals surface area (Å²) in [6.07, 6.45) is 5.23. The van der Waals surface area contributed by atoms with Gasteiger partial charge in [-0.3, -0.25) is 14.6 Å². The number of aromatic nitrogens is 2. The van der Waals surface area contributed by atoms with Gasteiger partial charge < -0.3 is 14.8 Å². The number of rotatable bonds is 4. The maximum atomic E-state index is 11.7. The van der Waals surface area contributed by atoms with E-state index in [1.54, 1.807) is 13.4 Å². The first-order valence-corrected chi connectivity index (χ1v) is 8.30. The lowest BCUT2D eigenvalue weighted by Crippen LogP contribution is -2.59. The van der Waals surface area contributed by atoms with E-state index in [0.717, 1.165) is 31.7 Å². The minimum absolute atomic E-state index is 0.0150. The first-order chi connectivity index (χ1) is 11.7. The number of hydrogen-bond acceptors (Lipinski definition) is 7. The van der Waals surface area contributed by atoms with E-state index in [1.165, 1.54) is 0 Å². The molecule has 2 aliphatic rings. The number of ether oxygens (including phenoxy) is 2. The number of amides is 1. The Morgan fingerprint density at radius 3 is 2.79 bits per heavy atom. The lowest BCUT2D eigenvalue weighted by Gasteiger charge is -2.43. The fourth-order valence-electron chi connectivity index (χ4n) is 3.31. The summed E-state index contributed by atoms with van der Waals surface area (Å²) in [5.41, 5.74) is 0.699. The summed E-state index contributed by atoms with van der Waals surface area (Å²) in [7, 11) is 1.66. The van der Waals surface area contributed by atoms with Crippen molar-refractivity contribution in [3.8, 4) is 0 Å². The first-order valence-electron chi connectivity index (χ1n) is 8.30. The van der Waals surface area contributed by atoms with Gasteiger partial charge in [-0.05, 0) is 0 Å². The third-order valence-electron chi connectivity index (χ3n) is 4.42. The molecule has 1 atom stereocenters. The van der Waals surface area contributed by atoms with Crippen LogP contribution < -0.4 is 5.32 Å². The molecular weight excluding hydrogens is 310 g/mol. The molecule has 1 spiro atoms. The molecule has 132 valence electrons. The summed E-state index contributed by atoms with van der Waals surface area (Å²) >= 11 is 0. The monoisotopic (exact) mass is 335 g/mol. The van der Waals surface area contributed by atoms with Crippen molar-refractivity contribution >= 4 is 5.91 Å². The number of carbonyl (C=O) groups is 1. The van der Waals surface area contributed by atoms with Crippen molar-refractivity contribution in [3.05, 3.63) is 24.3 Å². The molecule has 1 N–H and O–H groups in total. The van der Waals surface area contributed by atoms with Gasteiger partial charge in [0.15, 0.2) is 0 Å². The van der Waals surface area contributed by atoms with Gasteiger partial charge in [0.1, 0.15) is 11.9 Å². The highest BCUT2D eigenvalue weighted by Gasteiger charge is 2.40. The number of morpholine rings is 1. The van der Waals surface area contributed by atoms with Crippen LogP contribution in [0.5, 0.6) is 0 Å². The zero-order chi connectivity index (χ0) is 16.8. The standard InChI is InChI=1S/C16H25N5O3/c1-17-15(22)9-21-2-4-23-12-16(11-21)10-20(3-5-24-16)8-14-6-18-13-19-7-14/h6-7,13H,2-5,8-12H2,1H3,(H,17,22). The van der Waals surface area contributed by atoms with E-state index in [4.69, 9.17) is 9.47 Å². The van der Waals surface area contributed by atoms with E-state index in [9.17, 15) is 4.79 Å². The molecule has 3 heterocycles. The average Bonchev–Trinajstić information content (AvgIpc) is 2.78. The van der Waals surface area contributed by atoms with Gasteiger partial charge in [0, 0.05) is 57.7 Å². The second-order valence-corrected chi connectivity index (χ2v) is 6.43. The van der Waals surface area contributed by atoms with Gasteiger partial charge in [-0.1, -0.05) is 0 Å². The molecule has 2 saturated heterocycles. The van der Waals surface area contributed by atoms with Crippen molar-refractivity contribution in [2.24, 2.45) is 0 Å². The van der Waals surface area contributed by atoms with Crippen LogP contribution in [0.15, 0.2) is 18.7 Å². The predicted octanol–water partition coefficient (Wildman–Crippen LogP) is -0.874. The number of likely N-dealkylation sites (N-methyl/N-ethyl adjacent to an activating group) is 1. The zero-order valence-electron chi connectivity index (χ0n) is 14.1. The van der Waals surface area contributed by atoms with Gasteiger partial charge in [0.25, 0.3) is 0 Å².